The van der Waals surface area contributed by atoms with Crippen LogP contribution in [0.15, 0.2) is 41.5 Å². The van der Waals surface area contributed by atoms with Crippen molar-refractivity contribution in [3.63, 3.8) is 0 Å². The first-order chi connectivity index (χ1) is 15.6. The van der Waals surface area contributed by atoms with E-state index in [0.29, 0.717) is 11.3 Å². The molecule has 3 aromatic rings. The Labute approximate surface area is 185 Å². The van der Waals surface area contributed by atoms with Crippen molar-refractivity contribution in [2.24, 2.45) is 0 Å². The maximum Gasteiger partial charge on any atom is 0.250 e. The van der Waals surface area contributed by atoms with Gasteiger partial charge in [-0.1, -0.05) is 12.8 Å². The van der Waals surface area contributed by atoms with Gasteiger partial charge in [-0.2, -0.15) is 0 Å². The smallest absolute Gasteiger partial charge is 0.250 e. The lowest BCUT2D eigenvalue weighted by Crippen LogP contribution is -2.43. The Balaban J connectivity index is 1.50. The summed E-state index contributed by atoms with van der Waals surface area (Å²) in [4.78, 5) is 27.7. The van der Waals surface area contributed by atoms with Gasteiger partial charge in [-0.25, -0.2) is 14.4 Å². The molecule has 2 aliphatic rings. The predicted molar refractivity (Wildman–Crippen MR) is 122 cm³/mol. The molecule has 166 valence electrons. The van der Waals surface area contributed by atoms with Crippen LogP contribution in [0, 0.1) is 5.82 Å². The number of halogens is 1. The fourth-order valence-electron chi connectivity index (χ4n) is 4.51. The average Bonchev–Trinajstić information content (AvgIpc) is 3.37. The zero-order valence-electron chi connectivity index (χ0n) is 17.8. The normalized spacial score (nSPS) is 17.1. The van der Waals surface area contributed by atoms with Crippen molar-refractivity contribution in [3.05, 3.63) is 52.8 Å². The van der Waals surface area contributed by atoms with E-state index in [2.05, 4.69) is 25.2 Å². The first-order valence-electron chi connectivity index (χ1n) is 11.1. The molecule has 0 bridgehead atoms. The number of nitrogens with zero attached hydrogens (tertiary/aromatic N) is 5. The standard InChI is InChI=1S/C23H26FN7O/c24-20-21(15-5-8-19(32)31(14-15)16-3-1-2-4-16)28-23(29-22(20)25)18-7-6-17(13-27-18)30-11-9-26-10-12-30/h5-8,13-14,16,26H,1-4,9-12H2,(H2,25,28,29). The van der Waals surface area contributed by atoms with Crippen LogP contribution >= 0.6 is 0 Å². The van der Waals surface area contributed by atoms with Gasteiger partial charge in [0.25, 0.3) is 5.56 Å². The molecule has 0 atom stereocenters. The largest absolute Gasteiger partial charge is 0.381 e. The Hall–Kier alpha value is -3.33. The third kappa shape index (κ3) is 3.95. The number of anilines is 2. The number of nitrogens with two attached hydrogens (primary N) is 1. The van der Waals surface area contributed by atoms with Crippen LogP contribution in [0.25, 0.3) is 22.8 Å². The number of hydrogen-bond acceptors (Lipinski definition) is 7. The highest BCUT2D eigenvalue weighted by Crippen LogP contribution is 2.31. The summed E-state index contributed by atoms with van der Waals surface area (Å²) in [5.41, 5.74) is 7.92. The van der Waals surface area contributed by atoms with Crippen molar-refractivity contribution >= 4 is 11.5 Å². The van der Waals surface area contributed by atoms with Crippen molar-refractivity contribution < 1.29 is 4.39 Å². The molecule has 0 amide bonds. The average molecular weight is 436 g/mol. The van der Waals surface area contributed by atoms with Crippen molar-refractivity contribution in [2.45, 2.75) is 31.7 Å². The highest BCUT2D eigenvalue weighted by Gasteiger charge is 2.21. The molecule has 0 unspecified atom stereocenters. The molecule has 32 heavy (non-hydrogen) atoms. The molecular formula is C23H26FN7O. The summed E-state index contributed by atoms with van der Waals surface area (Å²) in [7, 11) is 0. The van der Waals surface area contributed by atoms with Gasteiger partial charge in [-0.3, -0.25) is 9.78 Å². The van der Waals surface area contributed by atoms with Gasteiger partial charge < -0.3 is 20.5 Å². The van der Waals surface area contributed by atoms with Crippen molar-refractivity contribution in [1.82, 2.24) is 24.8 Å². The lowest BCUT2D eigenvalue weighted by molar-refractivity contribution is 0.503. The van der Waals surface area contributed by atoms with E-state index in [-0.39, 0.29) is 28.9 Å². The van der Waals surface area contributed by atoms with Crippen LogP contribution in [0.5, 0.6) is 0 Å². The number of pyridine rings is 2. The molecule has 0 radical (unpaired) electrons. The SMILES string of the molecule is Nc1nc(-c2ccc(N3CCNCC3)cn2)nc(-c2ccc(=O)n(C3CCCC3)c2)c1F. The van der Waals surface area contributed by atoms with E-state index in [0.717, 1.165) is 57.5 Å². The first-order valence-corrected chi connectivity index (χ1v) is 11.1. The van der Waals surface area contributed by atoms with Gasteiger partial charge in [-0.05, 0) is 31.0 Å². The van der Waals surface area contributed by atoms with Gasteiger partial charge in [0.15, 0.2) is 17.5 Å². The summed E-state index contributed by atoms with van der Waals surface area (Å²) < 4.78 is 16.6. The van der Waals surface area contributed by atoms with Crippen molar-refractivity contribution in [2.75, 3.05) is 36.8 Å². The molecule has 8 nitrogen and oxygen atoms in total. The third-order valence-corrected chi connectivity index (χ3v) is 6.27. The number of nitrogen functional groups attached to an aromatic ring is 1. The number of nitrogens with one attached hydrogen (secondary N) is 1. The van der Waals surface area contributed by atoms with E-state index in [9.17, 15) is 9.18 Å². The second-order valence-electron chi connectivity index (χ2n) is 8.34. The summed E-state index contributed by atoms with van der Waals surface area (Å²) in [6.45, 7) is 3.71. The Morgan fingerprint density at radius 3 is 2.56 bits per heavy atom. The monoisotopic (exact) mass is 435 g/mol. The van der Waals surface area contributed by atoms with E-state index in [1.165, 1.54) is 6.07 Å². The number of rotatable bonds is 4. The van der Waals surface area contributed by atoms with Gasteiger partial charge >= 0.3 is 0 Å². The topological polar surface area (TPSA) is 102 Å². The maximum atomic E-state index is 14.9. The molecule has 1 aliphatic carbocycles. The third-order valence-electron chi connectivity index (χ3n) is 6.27. The molecule has 2 fully saturated rings. The van der Waals surface area contributed by atoms with Crippen LogP contribution in [0.4, 0.5) is 15.9 Å². The molecule has 1 saturated carbocycles. The number of hydrogen-bond donors (Lipinski definition) is 2. The van der Waals surface area contributed by atoms with Gasteiger partial charge in [0, 0.05) is 50.0 Å². The van der Waals surface area contributed by atoms with Crippen molar-refractivity contribution in [1.29, 1.82) is 0 Å². The quantitative estimate of drug-likeness (QED) is 0.649. The van der Waals surface area contributed by atoms with Gasteiger partial charge in [0.1, 0.15) is 11.4 Å². The number of aromatic nitrogens is 4. The van der Waals surface area contributed by atoms with E-state index < -0.39 is 5.82 Å². The highest BCUT2D eigenvalue weighted by atomic mass is 19.1. The summed E-state index contributed by atoms with van der Waals surface area (Å²) in [6, 6.07) is 6.99. The number of piperazine rings is 1. The zero-order valence-corrected chi connectivity index (χ0v) is 17.8. The van der Waals surface area contributed by atoms with E-state index in [4.69, 9.17) is 5.73 Å². The summed E-state index contributed by atoms with van der Waals surface area (Å²) in [6.07, 6.45) is 7.56. The Morgan fingerprint density at radius 1 is 1.06 bits per heavy atom. The molecule has 3 aromatic heterocycles. The lowest BCUT2D eigenvalue weighted by Gasteiger charge is -2.29. The summed E-state index contributed by atoms with van der Waals surface area (Å²) >= 11 is 0. The molecular weight excluding hydrogens is 409 g/mol. The molecule has 3 N–H and O–H groups in total. The Kier molecular flexibility index (Phi) is 5.57. The molecule has 9 heteroatoms. The zero-order chi connectivity index (χ0) is 22.1. The molecule has 4 heterocycles. The minimum atomic E-state index is -0.692. The lowest BCUT2D eigenvalue weighted by atomic mass is 10.1. The van der Waals surface area contributed by atoms with Gasteiger partial charge in [0.2, 0.25) is 0 Å². The second kappa shape index (κ2) is 8.66. The van der Waals surface area contributed by atoms with Crippen molar-refractivity contribution in [3.8, 4) is 22.8 Å². The van der Waals surface area contributed by atoms with Crippen LogP contribution in [-0.4, -0.2) is 45.7 Å². The minimum Gasteiger partial charge on any atom is -0.381 e. The van der Waals surface area contributed by atoms with Crippen LogP contribution < -0.4 is 21.5 Å². The van der Waals surface area contributed by atoms with Crippen LogP contribution in [0.1, 0.15) is 31.7 Å². The fourth-order valence-corrected chi connectivity index (χ4v) is 4.51. The van der Waals surface area contributed by atoms with Crippen LogP contribution in [0.2, 0.25) is 0 Å². The van der Waals surface area contributed by atoms with Crippen LogP contribution in [0.3, 0.4) is 0 Å². The highest BCUT2D eigenvalue weighted by molar-refractivity contribution is 5.66. The first kappa shape index (κ1) is 20.6. The fraction of sp³-hybridized carbons (Fsp3) is 0.391. The van der Waals surface area contributed by atoms with Crippen LogP contribution in [-0.2, 0) is 0 Å². The molecule has 1 aliphatic heterocycles. The summed E-state index contributed by atoms with van der Waals surface area (Å²) in [5, 5.41) is 3.33. The Morgan fingerprint density at radius 2 is 1.84 bits per heavy atom. The van der Waals surface area contributed by atoms with E-state index >= 15 is 0 Å². The van der Waals surface area contributed by atoms with Gasteiger partial charge in [0.05, 0.1) is 11.9 Å². The minimum absolute atomic E-state index is 0.0761. The molecule has 0 spiro atoms. The van der Waals surface area contributed by atoms with E-state index in [1.807, 2.05) is 12.1 Å². The summed E-state index contributed by atoms with van der Waals surface area (Å²) in [5.74, 6) is -0.677. The van der Waals surface area contributed by atoms with Gasteiger partial charge in [-0.15, -0.1) is 0 Å². The molecule has 5 rings (SSSR count). The second-order valence-corrected chi connectivity index (χ2v) is 8.34. The molecule has 1 saturated heterocycles. The predicted octanol–water partition coefficient (Wildman–Crippen LogP) is 2.61. The van der Waals surface area contributed by atoms with E-state index in [1.54, 1.807) is 23.0 Å². The maximum absolute atomic E-state index is 14.9. The molecule has 0 aromatic carbocycles. The Bertz CT molecular complexity index is 1170.